The number of nitrogens with zero attached hydrogens (tertiary/aromatic N) is 1. The first-order valence-electron chi connectivity index (χ1n) is 4.75. The summed E-state index contributed by atoms with van der Waals surface area (Å²) < 4.78 is 37.4. The Bertz CT molecular complexity index is 291. The van der Waals surface area contributed by atoms with Gasteiger partial charge in [-0.1, -0.05) is 18.6 Å². The summed E-state index contributed by atoms with van der Waals surface area (Å²) in [5.74, 6) is 0. The molecule has 86 valence electrons. The molecule has 0 saturated carbocycles. The molecule has 0 aliphatic carbocycles. The first kappa shape index (κ1) is 13.9. The third-order valence-electron chi connectivity index (χ3n) is 1.51. The van der Waals surface area contributed by atoms with Gasteiger partial charge in [0.1, 0.15) is 5.71 Å². The van der Waals surface area contributed by atoms with E-state index in [1.807, 2.05) is 6.92 Å². The van der Waals surface area contributed by atoms with E-state index in [4.69, 9.17) is 0 Å². The number of hydrogen-bond acceptors (Lipinski definition) is 1. The molecule has 0 aromatic rings. The molecule has 0 N–H and O–H groups in total. The second-order valence-corrected chi connectivity index (χ2v) is 3.47. The third kappa shape index (κ3) is 6.10. The molecule has 0 heterocycles. The van der Waals surface area contributed by atoms with Crippen LogP contribution < -0.4 is 0 Å². The summed E-state index contributed by atoms with van der Waals surface area (Å²) >= 11 is 0. The van der Waals surface area contributed by atoms with Crippen molar-refractivity contribution in [1.82, 2.24) is 0 Å². The van der Waals surface area contributed by atoms with E-state index in [0.29, 0.717) is 17.7 Å². The summed E-state index contributed by atoms with van der Waals surface area (Å²) in [6.07, 6.45) is -1.01. The van der Waals surface area contributed by atoms with E-state index in [1.165, 1.54) is 0 Å². The highest BCUT2D eigenvalue weighted by Gasteiger charge is 2.33. The smallest absolute Gasteiger partial charge is 0.249 e. The summed E-state index contributed by atoms with van der Waals surface area (Å²) in [5.41, 5.74) is 0.127. The van der Waals surface area contributed by atoms with Crippen LogP contribution in [-0.4, -0.2) is 11.9 Å². The largest absolute Gasteiger partial charge is 0.433 e. The highest BCUT2D eigenvalue weighted by molar-refractivity contribution is 6.00. The maximum Gasteiger partial charge on any atom is 0.433 e. The van der Waals surface area contributed by atoms with E-state index in [0.717, 1.165) is 6.08 Å². The van der Waals surface area contributed by atoms with Crippen molar-refractivity contribution in [3.8, 4) is 0 Å². The summed E-state index contributed by atoms with van der Waals surface area (Å²) in [6.45, 7) is 6.64. The van der Waals surface area contributed by atoms with Gasteiger partial charge in [0.25, 0.3) is 0 Å². The molecule has 0 bridgehead atoms. The van der Waals surface area contributed by atoms with Crippen LogP contribution in [0.4, 0.5) is 13.2 Å². The van der Waals surface area contributed by atoms with Gasteiger partial charge in [-0.05, 0) is 33.3 Å². The predicted octanol–water partition coefficient (Wildman–Crippen LogP) is 4.27. The molecule has 4 heteroatoms. The number of alkyl halides is 3. The molecule has 15 heavy (non-hydrogen) atoms. The van der Waals surface area contributed by atoms with Gasteiger partial charge < -0.3 is 0 Å². The average Bonchev–Trinajstić information content (AvgIpc) is 2.00. The summed E-state index contributed by atoms with van der Waals surface area (Å²) in [4.78, 5) is 3.55. The van der Waals surface area contributed by atoms with Crippen molar-refractivity contribution in [1.29, 1.82) is 0 Å². The number of aliphatic imine (C=N–C) groups is 1. The zero-order valence-corrected chi connectivity index (χ0v) is 9.44. The number of hydrogen-bond donors (Lipinski definition) is 0. The Morgan fingerprint density at radius 3 is 2.07 bits per heavy atom. The fourth-order valence-corrected chi connectivity index (χ4v) is 0.982. The first-order valence-corrected chi connectivity index (χ1v) is 4.75. The van der Waals surface area contributed by atoms with Crippen LogP contribution in [0.3, 0.4) is 0 Å². The lowest BCUT2D eigenvalue weighted by molar-refractivity contribution is -0.0577. The maximum absolute atomic E-state index is 12.5. The van der Waals surface area contributed by atoms with Gasteiger partial charge >= 0.3 is 6.18 Å². The van der Waals surface area contributed by atoms with Crippen LogP contribution in [-0.2, 0) is 0 Å². The van der Waals surface area contributed by atoms with Crippen LogP contribution in [0.1, 0.15) is 34.1 Å². The van der Waals surface area contributed by atoms with E-state index < -0.39 is 11.9 Å². The predicted molar refractivity (Wildman–Crippen MR) is 57.0 cm³/mol. The molecule has 0 rings (SSSR count). The molecular formula is C11H16F3N. The molecular weight excluding hydrogens is 203 g/mol. The minimum atomic E-state index is -4.39. The molecule has 1 nitrogen and oxygen atoms in total. The van der Waals surface area contributed by atoms with Crippen molar-refractivity contribution >= 4 is 5.71 Å². The normalized spacial score (nSPS) is 14.1. The molecule has 0 saturated heterocycles. The summed E-state index contributed by atoms with van der Waals surface area (Å²) in [5, 5.41) is 0. The monoisotopic (exact) mass is 219 g/mol. The Morgan fingerprint density at radius 1 is 1.20 bits per heavy atom. The molecule has 0 amide bonds. The van der Waals surface area contributed by atoms with Crippen molar-refractivity contribution in [3.63, 3.8) is 0 Å². The molecule has 0 aliphatic rings. The van der Waals surface area contributed by atoms with E-state index >= 15 is 0 Å². The maximum atomic E-state index is 12.5. The van der Waals surface area contributed by atoms with E-state index in [1.54, 1.807) is 26.8 Å². The van der Waals surface area contributed by atoms with Crippen LogP contribution in [0.5, 0.6) is 0 Å². The minimum Gasteiger partial charge on any atom is -0.249 e. The highest BCUT2D eigenvalue weighted by Crippen LogP contribution is 2.20. The molecule has 0 unspecified atom stereocenters. The molecule has 0 fully saturated rings. The Hall–Kier alpha value is -1.06. The molecule has 0 aromatic heterocycles. The van der Waals surface area contributed by atoms with Gasteiger partial charge in [0.15, 0.2) is 0 Å². The van der Waals surface area contributed by atoms with Gasteiger partial charge in [-0.15, -0.1) is 0 Å². The van der Waals surface area contributed by atoms with Crippen molar-refractivity contribution in [2.45, 2.75) is 40.3 Å². The number of allylic oxidation sites excluding steroid dienone is 4. The molecule has 0 spiro atoms. The van der Waals surface area contributed by atoms with Gasteiger partial charge in [-0.25, -0.2) is 4.99 Å². The van der Waals surface area contributed by atoms with Crippen molar-refractivity contribution in [3.05, 3.63) is 23.4 Å². The zero-order chi connectivity index (χ0) is 12.1. The minimum absolute atomic E-state index is 0.391. The van der Waals surface area contributed by atoms with Crippen molar-refractivity contribution in [2.24, 2.45) is 4.99 Å². The second kappa shape index (κ2) is 5.73. The zero-order valence-electron chi connectivity index (χ0n) is 9.44. The second-order valence-electron chi connectivity index (χ2n) is 3.47. The lowest BCUT2D eigenvalue weighted by Crippen LogP contribution is -2.21. The summed E-state index contributed by atoms with van der Waals surface area (Å²) in [6, 6.07) is 0. The van der Waals surface area contributed by atoms with Crippen LogP contribution in [0, 0.1) is 0 Å². The molecule has 0 atom stereocenters. The van der Waals surface area contributed by atoms with Crippen LogP contribution in [0.2, 0.25) is 0 Å². The Kier molecular flexibility index (Phi) is 5.33. The van der Waals surface area contributed by atoms with Gasteiger partial charge in [-0.2, -0.15) is 13.2 Å². The Balaban J connectivity index is 5.13. The molecule has 0 aromatic carbocycles. The van der Waals surface area contributed by atoms with Gasteiger partial charge in [-0.3, -0.25) is 0 Å². The van der Waals surface area contributed by atoms with Gasteiger partial charge in [0, 0.05) is 5.70 Å². The third-order valence-corrected chi connectivity index (χ3v) is 1.51. The number of halogens is 3. The SMILES string of the molecule is CC/C=C(\C)N=C(C=C(C)C)C(F)(F)F. The quantitative estimate of drug-likeness (QED) is 0.628. The average molecular weight is 219 g/mol. The van der Waals surface area contributed by atoms with E-state index in [9.17, 15) is 13.2 Å². The Morgan fingerprint density at radius 2 is 1.73 bits per heavy atom. The fraction of sp³-hybridized carbons (Fsp3) is 0.545. The standard InChI is InChI=1S/C11H16F3N/c1-5-6-9(4)15-10(7-8(2)3)11(12,13)14/h6-7H,5H2,1-4H3/b9-6+,15-10?. The van der Waals surface area contributed by atoms with E-state index in [-0.39, 0.29) is 0 Å². The molecule has 0 radical (unpaired) electrons. The van der Waals surface area contributed by atoms with Crippen LogP contribution in [0.15, 0.2) is 28.4 Å². The fourth-order valence-electron chi connectivity index (χ4n) is 0.982. The van der Waals surface area contributed by atoms with Crippen LogP contribution in [0.25, 0.3) is 0 Å². The lowest BCUT2D eigenvalue weighted by atomic mass is 10.2. The van der Waals surface area contributed by atoms with Crippen molar-refractivity contribution in [2.75, 3.05) is 0 Å². The molecule has 0 aliphatic heterocycles. The van der Waals surface area contributed by atoms with Gasteiger partial charge in [0.05, 0.1) is 0 Å². The Labute approximate surface area is 88.4 Å². The summed E-state index contributed by atoms with van der Waals surface area (Å²) in [7, 11) is 0. The topological polar surface area (TPSA) is 12.4 Å². The first-order chi connectivity index (χ1) is 6.77. The highest BCUT2D eigenvalue weighted by atomic mass is 19.4. The van der Waals surface area contributed by atoms with Crippen molar-refractivity contribution < 1.29 is 13.2 Å². The lowest BCUT2D eigenvalue weighted by Gasteiger charge is -2.07. The number of rotatable bonds is 3. The van der Waals surface area contributed by atoms with E-state index in [2.05, 4.69) is 4.99 Å². The van der Waals surface area contributed by atoms with Gasteiger partial charge in [0.2, 0.25) is 0 Å². The van der Waals surface area contributed by atoms with Crippen LogP contribution >= 0.6 is 0 Å².